The Morgan fingerprint density at radius 1 is 1.16 bits per heavy atom. The molecule has 0 spiro atoms. The first-order valence-corrected chi connectivity index (χ1v) is 8.38. The first kappa shape index (κ1) is 16.8. The molecule has 0 saturated heterocycles. The van der Waals surface area contributed by atoms with Crippen molar-refractivity contribution in [1.29, 1.82) is 0 Å². The lowest BCUT2D eigenvalue weighted by Crippen LogP contribution is -2.25. The van der Waals surface area contributed by atoms with E-state index in [-0.39, 0.29) is 29.5 Å². The summed E-state index contributed by atoms with van der Waals surface area (Å²) in [4.78, 5) is 35.0. The maximum atomic E-state index is 12.5. The number of hydrogen-bond donors (Lipinski definition) is 1. The van der Waals surface area contributed by atoms with Crippen LogP contribution in [-0.4, -0.2) is 33.6 Å². The lowest BCUT2D eigenvalue weighted by atomic mass is 10.2. The van der Waals surface area contributed by atoms with Crippen LogP contribution in [0.1, 0.15) is 32.0 Å². The van der Waals surface area contributed by atoms with E-state index in [9.17, 15) is 9.59 Å². The van der Waals surface area contributed by atoms with E-state index in [1.54, 1.807) is 24.1 Å². The number of nitrogen functional groups attached to an aromatic ring is 1. The van der Waals surface area contributed by atoms with Crippen molar-refractivity contribution in [3.05, 3.63) is 75.9 Å². The fraction of sp³-hybridized carbons (Fsp3) is 0.111. The number of hydrogen-bond acceptors (Lipinski definition) is 6. The molecule has 0 aliphatic rings. The van der Waals surface area contributed by atoms with E-state index in [1.165, 1.54) is 12.4 Å². The Bertz CT molecular complexity index is 914. The molecule has 128 valence electrons. The molecule has 0 unspecified atom stereocenters. The number of ketones is 1. The summed E-state index contributed by atoms with van der Waals surface area (Å²) in [5.74, 6) is -0.364. The number of nitrogens with zero attached hydrogens (tertiary/aromatic N) is 3. The molecule has 6 nitrogen and oxygen atoms in total. The van der Waals surface area contributed by atoms with Gasteiger partial charge in [0, 0.05) is 21.2 Å². The molecule has 0 atom stereocenters. The third kappa shape index (κ3) is 3.72. The van der Waals surface area contributed by atoms with E-state index in [4.69, 9.17) is 5.73 Å². The number of benzene rings is 1. The molecule has 0 aliphatic heterocycles. The monoisotopic (exact) mass is 354 g/mol. The number of amides is 1. The van der Waals surface area contributed by atoms with Crippen LogP contribution in [0.25, 0.3) is 0 Å². The van der Waals surface area contributed by atoms with E-state index in [1.807, 2.05) is 30.3 Å². The van der Waals surface area contributed by atoms with Crippen LogP contribution < -0.4 is 5.73 Å². The summed E-state index contributed by atoms with van der Waals surface area (Å²) in [7, 11) is 1.72. The van der Waals surface area contributed by atoms with Crippen LogP contribution in [0.3, 0.4) is 0 Å². The van der Waals surface area contributed by atoms with Gasteiger partial charge in [0.2, 0.25) is 5.78 Å². The van der Waals surface area contributed by atoms with Gasteiger partial charge in [-0.3, -0.25) is 9.59 Å². The van der Waals surface area contributed by atoms with Crippen molar-refractivity contribution in [2.24, 2.45) is 0 Å². The largest absolute Gasteiger partial charge is 0.383 e. The van der Waals surface area contributed by atoms with Gasteiger partial charge >= 0.3 is 0 Å². The Labute approximate surface area is 150 Å². The lowest BCUT2D eigenvalue weighted by Gasteiger charge is -2.15. The van der Waals surface area contributed by atoms with Gasteiger partial charge in [-0.1, -0.05) is 30.3 Å². The molecule has 3 aromatic rings. The predicted octanol–water partition coefficient (Wildman–Crippen LogP) is 2.87. The van der Waals surface area contributed by atoms with Crippen LogP contribution in [-0.2, 0) is 6.54 Å². The van der Waals surface area contributed by atoms with Crippen molar-refractivity contribution < 1.29 is 11.0 Å². The number of aromatic nitrogens is 2. The predicted molar refractivity (Wildman–Crippen MR) is 98.5 cm³/mol. The molecule has 2 heterocycles. The summed E-state index contributed by atoms with van der Waals surface area (Å²) in [5.41, 5.74) is 7.04. The van der Waals surface area contributed by atoms with Gasteiger partial charge in [0.15, 0.2) is 5.01 Å². The van der Waals surface area contributed by atoms with Gasteiger partial charge in [-0.2, -0.15) is 0 Å². The minimum Gasteiger partial charge on any atom is -0.383 e. The topological polar surface area (TPSA) is 89.2 Å². The molecule has 0 saturated carbocycles. The van der Waals surface area contributed by atoms with Crippen LogP contribution in [0.4, 0.5) is 5.82 Å². The van der Waals surface area contributed by atoms with Crippen LogP contribution in [0, 0.1) is 0 Å². The Balaban J connectivity index is 0.00000243. The Hall–Kier alpha value is -3.06. The van der Waals surface area contributed by atoms with Crippen molar-refractivity contribution in [2.75, 3.05) is 12.8 Å². The number of carbonyl (C=O) groups excluding carboxylic acids is 2. The second kappa shape index (κ2) is 7.23. The zero-order valence-corrected chi connectivity index (χ0v) is 14.4. The first-order valence-electron chi connectivity index (χ1n) is 7.56. The number of anilines is 1. The average molecular weight is 354 g/mol. The molecule has 0 aliphatic carbocycles. The van der Waals surface area contributed by atoms with Crippen LogP contribution in [0.2, 0.25) is 0 Å². The third-order valence-corrected chi connectivity index (χ3v) is 4.59. The van der Waals surface area contributed by atoms with Crippen LogP contribution in [0.5, 0.6) is 0 Å². The fourth-order valence-corrected chi connectivity index (χ4v) is 3.18. The normalized spacial score (nSPS) is 10.4. The minimum atomic E-state index is -0.333. The smallest absolute Gasteiger partial charge is 0.265 e. The Kier molecular flexibility index (Phi) is 4.85. The highest BCUT2D eigenvalue weighted by atomic mass is 32.1. The van der Waals surface area contributed by atoms with Gasteiger partial charge in [0.1, 0.15) is 10.7 Å². The SMILES string of the molecule is CN(Cc1ccccc1)C(=O)c1cnc(C(=O)c2cccnc2N)s1.[HH]. The van der Waals surface area contributed by atoms with Gasteiger partial charge in [-0.15, -0.1) is 11.3 Å². The number of pyridine rings is 1. The Morgan fingerprint density at radius 2 is 1.92 bits per heavy atom. The van der Waals surface area contributed by atoms with E-state index < -0.39 is 0 Å². The highest BCUT2D eigenvalue weighted by Gasteiger charge is 2.21. The highest BCUT2D eigenvalue weighted by Crippen LogP contribution is 2.21. The van der Waals surface area contributed by atoms with Crippen LogP contribution >= 0.6 is 11.3 Å². The molecular weight excluding hydrogens is 336 g/mol. The van der Waals surface area contributed by atoms with Crippen molar-refractivity contribution >= 4 is 28.8 Å². The van der Waals surface area contributed by atoms with Gasteiger partial charge in [0.05, 0.1) is 11.8 Å². The number of rotatable bonds is 5. The van der Waals surface area contributed by atoms with Gasteiger partial charge < -0.3 is 10.6 Å². The first-order chi connectivity index (χ1) is 12.1. The summed E-state index contributed by atoms with van der Waals surface area (Å²) in [5, 5.41) is 0.219. The molecule has 25 heavy (non-hydrogen) atoms. The third-order valence-electron chi connectivity index (χ3n) is 3.60. The maximum Gasteiger partial charge on any atom is 0.265 e. The molecule has 0 bridgehead atoms. The summed E-state index contributed by atoms with van der Waals surface area (Å²) in [6.07, 6.45) is 2.94. The Morgan fingerprint density at radius 3 is 2.64 bits per heavy atom. The second-order valence-electron chi connectivity index (χ2n) is 5.44. The summed E-state index contributed by atoms with van der Waals surface area (Å²) < 4.78 is 0. The molecule has 0 fully saturated rings. The van der Waals surface area contributed by atoms with E-state index in [0.29, 0.717) is 11.4 Å². The maximum absolute atomic E-state index is 12.5. The molecule has 3 rings (SSSR count). The summed E-state index contributed by atoms with van der Waals surface area (Å²) in [6.45, 7) is 0.483. The molecular formula is C18H18N4O2S. The van der Waals surface area contributed by atoms with Gasteiger partial charge in [-0.05, 0) is 17.7 Å². The number of nitrogens with two attached hydrogens (primary N) is 1. The highest BCUT2D eigenvalue weighted by molar-refractivity contribution is 7.15. The number of carbonyl (C=O) groups is 2. The average Bonchev–Trinajstić information content (AvgIpc) is 3.12. The summed E-state index contributed by atoms with van der Waals surface area (Å²) >= 11 is 1.06. The van der Waals surface area contributed by atoms with Crippen molar-refractivity contribution in [1.82, 2.24) is 14.9 Å². The van der Waals surface area contributed by atoms with Crippen LogP contribution in [0.15, 0.2) is 54.9 Å². The zero-order chi connectivity index (χ0) is 17.8. The second-order valence-corrected chi connectivity index (χ2v) is 6.47. The lowest BCUT2D eigenvalue weighted by molar-refractivity contribution is 0.0789. The molecule has 1 aromatic carbocycles. The fourth-order valence-electron chi connectivity index (χ4n) is 2.32. The van der Waals surface area contributed by atoms with Gasteiger partial charge in [0.25, 0.3) is 5.91 Å². The van der Waals surface area contributed by atoms with E-state index in [0.717, 1.165) is 16.9 Å². The molecule has 2 aromatic heterocycles. The molecule has 2 N–H and O–H groups in total. The zero-order valence-electron chi connectivity index (χ0n) is 13.5. The number of thiazole rings is 1. The van der Waals surface area contributed by atoms with Gasteiger partial charge in [-0.25, -0.2) is 9.97 Å². The summed E-state index contributed by atoms with van der Waals surface area (Å²) in [6, 6.07) is 12.9. The quantitative estimate of drug-likeness (QED) is 0.712. The van der Waals surface area contributed by atoms with Crippen molar-refractivity contribution in [3.8, 4) is 0 Å². The van der Waals surface area contributed by atoms with Crippen molar-refractivity contribution in [2.45, 2.75) is 6.54 Å². The molecule has 0 radical (unpaired) electrons. The molecule has 1 amide bonds. The van der Waals surface area contributed by atoms with E-state index in [2.05, 4.69) is 9.97 Å². The standard InChI is InChI=1S/C18H16N4O2S.H2/c1-22(11-12-6-3-2-4-7-12)18(24)14-10-21-17(25-14)15(23)13-8-5-9-20-16(13)19;/h2-10H,11H2,1H3,(H2,19,20);1H. The van der Waals surface area contributed by atoms with Crippen molar-refractivity contribution in [3.63, 3.8) is 0 Å². The minimum absolute atomic E-state index is 0. The molecule has 7 heteroatoms. The van der Waals surface area contributed by atoms with E-state index >= 15 is 0 Å².